The Kier molecular flexibility index (Phi) is 5.73. The summed E-state index contributed by atoms with van der Waals surface area (Å²) in [5, 5.41) is 11.0. The van der Waals surface area contributed by atoms with Crippen molar-refractivity contribution in [3.05, 3.63) is 23.9 Å². The zero-order valence-electron chi connectivity index (χ0n) is 14.8. The number of carboxylic acid groups (broad SMARTS) is 1. The van der Waals surface area contributed by atoms with Crippen molar-refractivity contribution in [2.45, 2.75) is 43.8 Å². The number of hydrogen-bond acceptors (Lipinski definition) is 6. The van der Waals surface area contributed by atoms with Gasteiger partial charge in [-0.15, -0.1) is 0 Å². The molecule has 2 aliphatic rings. The van der Waals surface area contributed by atoms with Crippen LogP contribution in [0.4, 0.5) is 0 Å². The van der Waals surface area contributed by atoms with E-state index < -0.39 is 0 Å². The van der Waals surface area contributed by atoms with Gasteiger partial charge in [0.2, 0.25) is 0 Å². The number of rotatable bonds is 3. The first-order chi connectivity index (χ1) is 12.6. The molecular weight excluding hydrogens is 354 g/mol. The molecule has 2 aromatic rings. The van der Waals surface area contributed by atoms with E-state index in [0.717, 1.165) is 28.7 Å². The van der Waals surface area contributed by atoms with Crippen molar-refractivity contribution >= 4 is 34.0 Å². The highest BCUT2D eigenvalue weighted by atomic mass is 32.1. The highest BCUT2D eigenvalue weighted by Gasteiger charge is 2.39. The lowest BCUT2D eigenvalue weighted by molar-refractivity contribution is -0.122. The molecule has 2 bridgehead atoms. The summed E-state index contributed by atoms with van der Waals surface area (Å²) >= 11 is 1.33. The van der Waals surface area contributed by atoms with Gasteiger partial charge in [-0.1, -0.05) is 12.1 Å². The molecule has 2 N–H and O–H groups in total. The van der Waals surface area contributed by atoms with Crippen LogP contribution >= 0.6 is 11.5 Å². The number of aromatic nitrogens is 1. The number of fused-ring (bicyclic) bond motifs is 3. The first-order valence-corrected chi connectivity index (χ1v) is 9.39. The summed E-state index contributed by atoms with van der Waals surface area (Å²) in [6, 6.07) is 7.24. The number of amides is 1. The minimum atomic E-state index is -0.250. The third-order valence-electron chi connectivity index (χ3n) is 5.33. The molecule has 2 unspecified atom stereocenters. The largest absolute Gasteiger partial charge is 0.495 e. The van der Waals surface area contributed by atoms with E-state index in [0.29, 0.717) is 17.8 Å². The van der Waals surface area contributed by atoms with Gasteiger partial charge in [0.05, 0.1) is 11.8 Å². The third-order valence-corrected chi connectivity index (χ3v) is 6.21. The van der Waals surface area contributed by atoms with Crippen molar-refractivity contribution in [2.75, 3.05) is 14.2 Å². The predicted molar refractivity (Wildman–Crippen MR) is 99.9 cm³/mol. The van der Waals surface area contributed by atoms with Crippen LogP contribution < -0.4 is 10.1 Å². The summed E-state index contributed by atoms with van der Waals surface area (Å²) in [5.41, 5.74) is 0.523. The maximum Gasteiger partial charge on any atom is 0.290 e. The topological polar surface area (TPSA) is 91.8 Å². The van der Waals surface area contributed by atoms with Crippen LogP contribution in [0.1, 0.15) is 36.2 Å². The van der Waals surface area contributed by atoms with Crippen molar-refractivity contribution in [1.29, 1.82) is 0 Å². The van der Waals surface area contributed by atoms with Crippen LogP contribution in [0.2, 0.25) is 0 Å². The van der Waals surface area contributed by atoms with Gasteiger partial charge in [-0.3, -0.25) is 9.59 Å². The molecule has 2 aliphatic heterocycles. The monoisotopic (exact) mass is 377 g/mol. The number of carbonyl (C=O) groups excluding carboxylic acids is 1. The molecule has 2 saturated heterocycles. The quantitative estimate of drug-likeness (QED) is 0.798. The maximum absolute atomic E-state index is 12.7. The fourth-order valence-electron chi connectivity index (χ4n) is 4.04. The summed E-state index contributed by atoms with van der Waals surface area (Å²) in [6.45, 7) is -0.250. The molecule has 8 heteroatoms. The van der Waals surface area contributed by atoms with Crippen LogP contribution in [0.3, 0.4) is 0 Å². The predicted octanol–water partition coefficient (Wildman–Crippen LogP) is 2.36. The summed E-state index contributed by atoms with van der Waals surface area (Å²) in [4.78, 5) is 23.5. The minimum absolute atomic E-state index is 0.0570. The smallest absolute Gasteiger partial charge is 0.290 e. The first-order valence-electron chi connectivity index (χ1n) is 8.62. The molecular formula is C18H23N3O4S. The summed E-state index contributed by atoms with van der Waals surface area (Å²) in [7, 11) is 3.85. The van der Waals surface area contributed by atoms with Crippen LogP contribution in [-0.2, 0) is 4.79 Å². The number of hydrogen-bond donors (Lipinski definition) is 2. The van der Waals surface area contributed by atoms with Gasteiger partial charge in [0.25, 0.3) is 12.4 Å². The van der Waals surface area contributed by atoms with E-state index >= 15 is 0 Å². The highest BCUT2D eigenvalue weighted by molar-refractivity contribution is 7.14. The number of nitrogens with one attached hydrogen (secondary N) is 1. The van der Waals surface area contributed by atoms with Crippen LogP contribution in [0.25, 0.3) is 10.1 Å². The Balaban J connectivity index is 0.000000613. The Morgan fingerprint density at radius 1 is 1.38 bits per heavy atom. The van der Waals surface area contributed by atoms with E-state index in [-0.39, 0.29) is 18.4 Å². The fourth-order valence-corrected chi connectivity index (χ4v) is 4.91. The van der Waals surface area contributed by atoms with E-state index in [2.05, 4.69) is 21.6 Å². The van der Waals surface area contributed by atoms with E-state index in [1.54, 1.807) is 7.11 Å². The van der Waals surface area contributed by atoms with Gasteiger partial charge in [-0.25, -0.2) is 0 Å². The second-order valence-electron chi connectivity index (χ2n) is 6.67. The summed E-state index contributed by atoms with van der Waals surface area (Å²) in [5.74, 6) is 0.717. The van der Waals surface area contributed by atoms with Gasteiger partial charge in [0.15, 0.2) is 0 Å². The lowest BCUT2D eigenvalue weighted by Crippen LogP contribution is -2.48. The Morgan fingerprint density at radius 3 is 2.65 bits per heavy atom. The standard InChI is InChI=1S/C17H21N3O2S.CH2O2/c1-20-11-6-7-12(20)9-10(8-11)18-17(21)15-13-4-3-5-14(22-2)16(13)23-19-15;2-1-3/h3-5,10-12H,6-9H2,1-2H3,(H,18,21);1H,(H,2,3). The van der Waals surface area contributed by atoms with E-state index in [9.17, 15) is 4.79 Å². The van der Waals surface area contributed by atoms with Crippen molar-refractivity contribution < 1.29 is 19.4 Å². The Labute approximate surface area is 156 Å². The second kappa shape index (κ2) is 8.01. The zero-order valence-corrected chi connectivity index (χ0v) is 15.7. The molecule has 2 fully saturated rings. The zero-order chi connectivity index (χ0) is 18.7. The minimum Gasteiger partial charge on any atom is -0.495 e. The van der Waals surface area contributed by atoms with E-state index in [4.69, 9.17) is 14.6 Å². The molecule has 140 valence electrons. The number of ether oxygens (including phenoxy) is 1. The third kappa shape index (κ3) is 3.52. The molecule has 0 spiro atoms. The molecule has 0 aliphatic carbocycles. The van der Waals surface area contributed by atoms with Gasteiger partial charge >= 0.3 is 0 Å². The maximum atomic E-state index is 12.7. The number of carbonyl (C=O) groups is 2. The normalized spacial score (nSPS) is 24.6. The average molecular weight is 377 g/mol. The van der Waals surface area contributed by atoms with Gasteiger partial charge in [-0.2, -0.15) is 4.37 Å². The van der Waals surface area contributed by atoms with Crippen LogP contribution in [0, 0.1) is 0 Å². The van der Waals surface area contributed by atoms with Gasteiger partial charge in [-0.05, 0) is 50.3 Å². The number of methoxy groups -OCH3 is 1. The lowest BCUT2D eigenvalue weighted by atomic mass is 9.98. The lowest BCUT2D eigenvalue weighted by Gasteiger charge is -2.36. The van der Waals surface area contributed by atoms with E-state index in [1.165, 1.54) is 24.4 Å². The van der Waals surface area contributed by atoms with Crippen molar-refractivity contribution in [1.82, 2.24) is 14.6 Å². The van der Waals surface area contributed by atoms with Crippen molar-refractivity contribution in [2.24, 2.45) is 0 Å². The fraction of sp³-hybridized carbons (Fsp3) is 0.500. The van der Waals surface area contributed by atoms with Crippen LogP contribution in [0.15, 0.2) is 18.2 Å². The van der Waals surface area contributed by atoms with E-state index in [1.807, 2.05) is 18.2 Å². The Hall–Kier alpha value is -2.19. The van der Waals surface area contributed by atoms with Gasteiger partial charge < -0.3 is 20.1 Å². The molecule has 26 heavy (non-hydrogen) atoms. The van der Waals surface area contributed by atoms with Crippen molar-refractivity contribution in [3.8, 4) is 5.75 Å². The van der Waals surface area contributed by atoms with Gasteiger partial charge in [0, 0.05) is 23.5 Å². The van der Waals surface area contributed by atoms with Crippen LogP contribution in [0.5, 0.6) is 5.75 Å². The highest BCUT2D eigenvalue weighted by Crippen LogP contribution is 2.35. The van der Waals surface area contributed by atoms with Gasteiger partial charge in [0.1, 0.15) is 11.4 Å². The molecule has 7 nitrogen and oxygen atoms in total. The SMILES string of the molecule is COc1cccc2c(C(=O)NC3CC4CCC(C3)N4C)nsc12.O=CO. The molecule has 2 atom stereocenters. The molecule has 0 radical (unpaired) electrons. The number of piperidine rings is 1. The summed E-state index contributed by atoms with van der Waals surface area (Å²) in [6.07, 6.45) is 4.60. The average Bonchev–Trinajstić information content (AvgIpc) is 3.13. The molecule has 1 aromatic heterocycles. The van der Waals surface area contributed by atoms with Crippen LogP contribution in [-0.4, -0.2) is 59.0 Å². The Bertz CT molecular complexity index is 780. The molecule has 4 rings (SSSR count). The number of nitrogens with zero attached hydrogens (tertiary/aromatic N) is 2. The summed E-state index contributed by atoms with van der Waals surface area (Å²) < 4.78 is 10.7. The van der Waals surface area contributed by atoms with Crippen molar-refractivity contribution in [3.63, 3.8) is 0 Å². The number of benzene rings is 1. The molecule has 3 heterocycles. The molecule has 0 saturated carbocycles. The Morgan fingerprint density at radius 2 is 2.04 bits per heavy atom. The second-order valence-corrected chi connectivity index (χ2v) is 7.44. The first kappa shape index (κ1) is 18.6. The molecule has 1 amide bonds. The molecule has 1 aromatic carbocycles.